The van der Waals surface area contributed by atoms with E-state index in [1.54, 1.807) is 4.90 Å². The molecule has 5 heteroatoms. The third-order valence-electron chi connectivity index (χ3n) is 3.43. The normalized spacial score (nSPS) is 17.0. The zero-order valence-electron chi connectivity index (χ0n) is 12.3. The summed E-state index contributed by atoms with van der Waals surface area (Å²) in [5.41, 5.74) is 5.71. The lowest BCUT2D eigenvalue weighted by atomic mass is 9.99. The Hall–Kier alpha value is -1.90. The van der Waals surface area contributed by atoms with E-state index in [0.29, 0.717) is 30.9 Å². The molecule has 0 radical (unpaired) electrons. The van der Waals surface area contributed by atoms with Crippen molar-refractivity contribution in [1.82, 2.24) is 4.90 Å². The van der Waals surface area contributed by atoms with Crippen LogP contribution in [-0.4, -0.2) is 42.6 Å². The minimum atomic E-state index is -0.422. The molecular weight excluding hydrogens is 271 g/mol. The molecule has 0 aromatic heterocycles. The van der Waals surface area contributed by atoms with E-state index in [-0.39, 0.29) is 12.5 Å². The van der Waals surface area contributed by atoms with E-state index in [1.807, 2.05) is 13.8 Å². The fourth-order valence-electron chi connectivity index (χ4n) is 2.33. The van der Waals surface area contributed by atoms with Gasteiger partial charge in [0.25, 0.3) is 5.91 Å². The molecule has 1 aromatic rings. The Balaban J connectivity index is 2.38. The number of morpholine rings is 1. The molecule has 1 aromatic carbocycles. The SMILES string of the molecule is CC1(C)COCCN1C(=O)c1ccc(F)cc1C#CCN. The van der Waals surface area contributed by atoms with Crippen LogP contribution in [0.3, 0.4) is 0 Å². The molecule has 4 nitrogen and oxygen atoms in total. The number of hydrogen-bond acceptors (Lipinski definition) is 3. The quantitative estimate of drug-likeness (QED) is 0.795. The van der Waals surface area contributed by atoms with Gasteiger partial charge < -0.3 is 15.4 Å². The van der Waals surface area contributed by atoms with E-state index >= 15 is 0 Å². The molecule has 0 spiro atoms. The van der Waals surface area contributed by atoms with Gasteiger partial charge in [-0.05, 0) is 32.0 Å². The number of hydrogen-bond donors (Lipinski definition) is 1. The summed E-state index contributed by atoms with van der Waals surface area (Å²) < 4.78 is 18.8. The van der Waals surface area contributed by atoms with Gasteiger partial charge in [0.15, 0.2) is 0 Å². The van der Waals surface area contributed by atoms with Crippen LogP contribution in [0.5, 0.6) is 0 Å². The summed E-state index contributed by atoms with van der Waals surface area (Å²) in [6.45, 7) is 5.53. The highest BCUT2D eigenvalue weighted by atomic mass is 19.1. The first kappa shape index (κ1) is 15.5. The number of carbonyl (C=O) groups is 1. The minimum Gasteiger partial charge on any atom is -0.377 e. The number of ether oxygens (including phenoxy) is 1. The Kier molecular flexibility index (Phi) is 4.61. The van der Waals surface area contributed by atoms with Crippen molar-refractivity contribution in [2.45, 2.75) is 19.4 Å². The van der Waals surface area contributed by atoms with Crippen LogP contribution in [-0.2, 0) is 4.74 Å². The summed E-state index contributed by atoms with van der Waals surface area (Å²) >= 11 is 0. The molecule has 2 N–H and O–H groups in total. The fraction of sp³-hybridized carbons (Fsp3) is 0.438. The molecule has 112 valence electrons. The van der Waals surface area contributed by atoms with E-state index in [4.69, 9.17) is 10.5 Å². The molecule has 1 aliphatic rings. The second-order valence-electron chi connectivity index (χ2n) is 5.52. The van der Waals surface area contributed by atoms with Gasteiger partial charge in [-0.3, -0.25) is 4.79 Å². The van der Waals surface area contributed by atoms with Crippen LogP contribution in [0.2, 0.25) is 0 Å². The molecular formula is C16H19FN2O2. The number of nitrogens with zero attached hydrogens (tertiary/aromatic N) is 1. The molecule has 0 saturated carbocycles. The number of benzene rings is 1. The molecule has 1 fully saturated rings. The van der Waals surface area contributed by atoms with Gasteiger partial charge in [0.2, 0.25) is 0 Å². The maximum atomic E-state index is 13.4. The molecule has 0 bridgehead atoms. The predicted molar refractivity (Wildman–Crippen MR) is 78.3 cm³/mol. The zero-order chi connectivity index (χ0) is 15.5. The molecule has 0 unspecified atom stereocenters. The fourth-order valence-corrected chi connectivity index (χ4v) is 2.33. The van der Waals surface area contributed by atoms with Crippen molar-refractivity contribution < 1.29 is 13.9 Å². The standard InChI is InChI=1S/C16H19FN2O2/c1-16(2)11-21-9-8-19(16)15(20)14-6-5-13(17)10-12(14)4-3-7-18/h5-6,10H,7-9,11,18H2,1-2H3. The minimum absolute atomic E-state index is 0.160. The highest BCUT2D eigenvalue weighted by Crippen LogP contribution is 2.23. The zero-order valence-corrected chi connectivity index (χ0v) is 12.3. The largest absolute Gasteiger partial charge is 0.377 e. The van der Waals surface area contributed by atoms with Crippen molar-refractivity contribution in [1.29, 1.82) is 0 Å². The Morgan fingerprint density at radius 3 is 2.95 bits per heavy atom. The van der Waals surface area contributed by atoms with Crippen LogP contribution >= 0.6 is 0 Å². The topological polar surface area (TPSA) is 55.6 Å². The number of halogens is 1. The van der Waals surface area contributed by atoms with E-state index in [2.05, 4.69) is 11.8 Å². The molecule has 0 atom stereocenters. The van der Waals surface area contributed by atoms with Gasteiger partial charge in [-0.1, -0.05) is 11.8 Å². The summed E-state index contributed by atoms with van der Waals surface area (Å²) in [6.07, 6.45) is 0. The summed E-state index contributed by atoms with van der Waals surface area (Å²) in [5, 5.41) is 0. The molecule has 1 heterocycles. The highest BCUT2D eigenvalue weighted by molar-refractivity contribution is 5.97. The lowest BCUT2D eigenvalue weighted by Gasteiger charge is -2.42. The summed E-state index contributed by atoms with van der Waals surface area (Å²) in [6, 6.07) is 4.02. The van der Waals surface area contributed by atoms with Gasteiger partial charge >= 0.3 is 0 Å². The summed E-state index contributed by atoms with van der Waals surface area (Å²) in [4.78, 5) is 14.5. The second-order valence-corrected chi connectivity index (χ2v) is 5.52. The average Bonchev–Trinajstić information content (AvgIpc) is 2.44. The van der Waals surface area contributed by atoms with Crippen LogP contribution in [0.4, 0.5) is 4.39 Å². The van der Waals surface area contributed by atoms with Gasteiger partial charge in [-0.25, -0.2) is 4.39 Å². The van der Waals surface area contributed by atoms with Crippen molar-refractivity contribution in [2.24, 2.45) is 5.73 Å². The predicted octanol–water partition coefficient (Wildman–Crippen LogP) is 1.39. The second kappa shape index (κ2) is 6.25. The van der Waals surface area contributed by atoms with E-state index in [0.717, 1.165) is 0 Å². The van der Waals surface area contributed by atoms with Crippen molar-refractivity contribution in [3.05, 3.63) is 35.1 Å². The number of carbonyl (C=O) groups excluding carboxylic acids is 1. The Morgan fingerprint density at radius 1 is 1.52 bits per heavy atom. The summed E-state index contributed by atoms with van der Waals surface area (Å²) in [5.74, 6) is 4.85. The average molecular weight is 290 g/mol. The molecule has 1 amide bonds. The van der Waals surface area contributed by atoms with E-state index in [1.165, 1.54) is 18.2 Å². The van der Waals surface area contributed by atoms with Crippen LogP contribution in [0.25, 0.3) is 0 Å². The van der Waals surface area contributed by atoms with Crippen molar-refractivity contribution in [3.8, 4) is 11.8 Å². The molecule has 1 saturated heterocycles. The first-order chi connectivity index (χ1) is 9.95. The first-order valence-electron chi connectivity index (χ1n) is 6.84. The van der Waals surface area contributed by atoms with Gasteiger partial charge in [0.1, 0.15) is 5.82 Å². The van der Waals surface area contributed by atoms with Crippen LogP contribution in [0.1, 0.15) is 29.8 Å². The van der Waals surface area contributed by atoms with Gasteiger partial charge in [0, 0.05) is 12.1 Å². The molecule has 1 aliphatic heterocycles. The van der Waals surface area contributed by atoms with Gasteiger partial charge in [0.05, 0.1) is 30.9 Å². The Bertz CT molecular complexity index is 602. The number of amides is 1. The van der Waals surface area contributed by atoms with E-state index in [9.17, 15) is 9.18 Å². The smallest absolute Gasteiger partial charge is 0.255 e. The maximum absolute atomic E-state index is 13.4. The lowest BCUT2D eigenvalue weighted by molar-refractivity contribution is -0.0370. The van der Waals surface area contributed by atoms with Crippen LogP contribution < -0.4 is 5.73 Å². The Labute approximate surface area is 124 Å². The van der Waals surface area contributed by atoms with Gasteiger partial charge in [-0.2, -0.15) is 0 Å². The third kappa shape index (κ3) is 3.41. The van der Waals surface area contributed by atoms with Crippen LogP contribution in [0.15, 0.2) is 18.2 Å². The Morgan fingerprint density at radius 2 is 2.29 bits per heavy atom. The first-order valence-corrected chi connectivity index (χ1v) is 6.84. The number of nitrogens with two attached hydrogens (primary N) is 1. The number of rotatable bonds is 1. The highest BCUT2D eigenvalue weighted by Gasteiger charge is 2.35. The van der Waals surface area contributed by atoms with Crippen LogP contribution in [0, 0.1) is 17.7 Å². The molecule has 0 aliphatic carbocycles. The summed E-state index contributed by atoms with van der Waals surface area (Å²) in [7, 11) is 0. The van der Waals surface area contributed by atoms with Crippen molar-refractivity contribution >= 4 is 5.91 Å². The van der Waals surface area contributed by atoms with Crippen molar-refractivity contribution in [3.63, 3.8) is 0 Å². The molecule has 21 heavy (non-hydrogen) atoms. The van der Waals surface area contributed by atoms with Crippen molar-refractivity contribution in [2.75, 3.05) is 26.3 Å². The maximum Gasteiger partial charge on any atom is 0.255 e. The monoisotopic (exact) mass is 290 g/mol. The van der Waals surface area contributed by atoms with E-state index < -0.39 is 11.4 Å². The lowest BCUT2D eigenvalue weighted by Crippen LogP contribution is -2.55. The third-order valence-corrected chi connectivity index (χ3v) is 3.43. The molecule has 2 rings (SSSR count). The van der Waals surface area contributed by atoms with Gasteiger partial charge in [-0.15, -0.1) is 0 Å².